The monoisotopic (exact) mass is 410 g/mol. The van der Waals surface area contributed by atoms with E-state index >= 15 is 0 Å². The minimum absolute atomic E-state index is 0.313. The molecule has 152 valence electrons. The van der Waals surface area contributed by atoms with Crippen LogP contribution in [0.25, 0.3) is 33.0 Å². The fourth-order valence-corrected chi connectivity index (χ4v) is 5.45. The summed E-state index contributed by atoms with van der Waals surface area (Å²) in [5, 5.41) is 2.58. The number of fused-ring (bicyclic) bond motifs is 6. The molecule has 2 nitrogen and oxygen atoms in total. The van der Waals surface area contributed by atoms with Gasteiger partial charge in [-0.3, -0.25) is 0 Å². The van der Waals surface area contributed by atoms with E-state index in [9.17, 15) is 0 Å². The van der Waals surface area contributed by atoms with Gasteiger partial charge in [-0.25, -0.2) is 0 Å². The summed E-state index contributed by atoms with van der Waals surface area (Å²) in [5.41, 5.74) is 10.4. The van der Waals surface area contributed by atoms with Gasteiger partial charge in [-0.15, -0.1) is 0 Å². The molecule has 0 fully saturated rings. The summed E-state index contributed by atoms with van der Waals surface area (Å²) in [6, 6.07) is 35.3. The van der Waals surface area contributed by atoms with Gasteiger partial charge in [0.1, 0.15) is 0 Å². The minimum atomic E-state index is 0.313. The van der Waals surface area contributed by atoms with Gasteiger partial charge >= 0.3 is 0 Å². The van der Waals surface area contributed by atoms with Gasteiger partial charge in [0.15, 0.2) is 0 Å². The first-order valence-corrected chi connectivity index (χ1v) is 11.2. The number of nitrogens with zero attached hydrogens (tertiary/aromatic N) is 1. The van der Waals surface area contributed by atoms with Crippen molar-refractivity contribution in [2.45, 2.75) is 12.5 Å². The normalized spacial score (nSPS) is 17.2. The van der Waals surface area contributed by atoms with E-state index in [1.807, 2.05) is 0 Å². The molecule has 1 N–H and O–H groups in total. The fraction of sp³-hybridized carbons (Fsp3) is 0.0667. The third-order valence-electron chi connectivity index (χ3n) is 6.93. The molecule has 1 unspecified atom stereocenters. The van der Waals surface area contributed by atoms with Crippen molar-refractivity contribution >= 4 is 44.3 Å². The maximum atomic E-state index is 3.55. The van der Waals surface area contributed by atoms with Gasteiger partial charge in [0.05, 0.1) is 6.04 Å². The maximum absolute atomic E-state index is 3.55. The van der Waals surface area contributed by atoms with Crippen LogP contribution in [0.3, 0.4) is 0 Å². The second kappa shape index (κ2) is 6.73. The SMILES string of the molecule is C1=C(c2ccc3[nH]c4ccccc4c3c2)CC2C(=C1)c1ccccc1N2c1ccccc1. The highest BCUT2D eigenvalue weighted by Gasteiger charge is 2.36. The van der Waals surface area contributed by atoms with E-state index in [1.54, 1.807) is 0 Å². The molecule has 1 aliphatic heterocycles. The van der Waals surface area contributed by atoms with Gasteiger partial charge in [-0.05, 0) is 59.5 Å². The van der Waals surface area contributed by atoms with Gasteiger partial charge in [0, 0.05) is 38.7 Å². The number of hydrogen-bond acceptors (Lipinski definition) is 1. The van der Waals surface area contributed by atoms with Crippen molar-refractivity contribution in [1.29, 1.82) is 0 Å². The Kier molecular flexibility index (Phi) is 3.71. The molecule has 1 aliphatic carbocycles. The predicted molar refractivity (Wildman–Crippen MR) is 135 cm³/mol. The third-order valence-corrected chi connectivity index (χ3v) is 6.93. The highest BCUT2D eigenvalue weighted by molar-refractivity contribution is 6.08. The van der Waals surface area contributed by atoms with Gasteiger partial charge in [-0.1, -0.05) is 72.8 Å². The van der Waals surface area contributed by atoms with Gasteiger partial charge in [0.25, 0.3) is 0 Å². The second-order valence-corrected chi connectivity index (χ2v) is 8.69. The lowest BCUT2D eigenvalue weighted by molar-refractivity contribution is 0.841. The molecule has 32 heavy (non-hydrogen) atoms. The molecule has 4 aromatic carbocycles. The number of rotatable bonds is 2. The quantitative estimate of drug-likeness (QED) is 0.316. The molecule has 1 aromatic heterocycles. The average Bonchev–Trinajstić information content (AvgIpc) is 3.39. The molecule has 7 rings (SSSR count). The molecule has 1 atom stereocenters. The summed E-state index contributed by atoms with van der Waals surface area (Å²) >= 11 is 0. The van der Waals surface area contributed by atoms with Crippen LogP contribution in [0.1, 0.15) is 17.5 Å². The molecule has 0 spiro atoms. The van der Waals surface area contributed by atoms with Crippen LogP contribution in [-0.2, 0) is 0 Å². The van der Waals surface area contributed by atoms with Crippen molar-refractivity contribution in [1.82, 2.24) is 4.98 Å². The second-order valence-electron chi connectivity index (χ2n) is 8.69. The van der Waals surface area contributed by atoms with Gasteiger partial charge in [0.2, 0.25) is 0 Å². The molecule has 0 bridgehead atoms. The molecule has 2 heteroatoms. The summed E-state index contributed by atoms with van der Waals surface area (Å²) in [5.74, 6) is 0. The average molecular weight is 411 g/mol. The maximum Gasteiger partial charge on any atom is 0.0638 e. The van der Waals surface area contributed by atoms with Crippen LogP contribution < -0.4 is 4.90 Å². The van der Waals surface area contributed by atoms with Crippen molar-refractivity contribution in [2.75, 3.05) is 4.90 Å². The topological polar surface area (TPSA) is 19.0 Å². The molecule has 0 saturated heterocycles. The zero-order chi connectivity index (χ0) is 21.1. The van der Waals surface area contributed by atoms with E-state index in [0.29, 0.717) is 6.04 Å². The number of hydrogen-bond donors (Lipinski definition) is 1. The first-order valence-electron chi connectivity index (χ1n) is 11.2. The van der Waals surface area contributed by atoms with Gasteiger partial charge < -0.3 is 9.88 Å². The van der Waals surface area contributed by atoms with Gasteiger partial charge in [-0.2, -0.15) is 0 Å². The zero-order valence-corrected chi connectivity index (χ0v) is 17.6. The van der Waals surface area contributed by atoms with Crippen molar-refractivity contribution < 1.29 is 0 Å². The Morgan fingerprint density at radius 1 is 0.688 bits per heavy atom. The van der Waals surface area contributed by atoms with E-state index < -0.39 is 0 Å². The molecule has 2 aliphatic rings. The van der Waals surface area contributed by atoms with E-state index in [-0.39, 0.29) is 0 Å². The fourth-order valence-electron chi connectivity index (χ4n) is 5.45. The number of anilines is 2. The number of para-hydroxylation sites is 3. The van der Waals surface area contributed by atoms with Crippen LogP contribution >= 0.6 is 0 Å². The van der Waals surface area contributed by atoms with E-state index in [2.05, 4.69) is 119 Å². The Morgan fingerprint density at radius 2 is 1.47 bits per heavy atom. The van der Waals surface area contributed by atoms with E-state index in [1.165, 1.54) is 55.5 Å². The van der Waals surface area contributed by atoms with Crippen LogP contribution in [0, 0.1) is 0 Å². The first kappa shape index (κ1) is 17.6. The van der Waals surface area contributed by atoms with E-state index in [4.69, 9.17) is 0 Å². The summed E-state index contributed by atoms with van der Waals surface area (Å²) in [6.45, 7) is 0. The summed E-state index contributed by atoms with van der Waals surface area (Å²) in [4.78, 5) is 6.06. The Balaban J connectivity index is 1.35. The number of nitrogens with one attached hydrogen (secondary N) is 1. The highest BCUT2D eigenvalue weighted by atomic mass is 15.2. The van der Waals surface area contributed by atoms with Crippen molar-refractivity contribution in [3.63, 3.8) is 0 Å². The van der Waals surface area contributed by atoms with Crippen molar-refractivity contribution in [2.24, 2.45) is 0 Å². The zero-order valence-electron chi connectivity index (χ0n) is 17.6. The Bertz CT molecular complexity index is 1550. The summed E-state index contributed by atoms with van der Waals surface area (Å²) in [7, 11) is 0. The van der Waals surface area contributed by atoms with Crippen molar-refractivity contribution in [3.8, 4) is 0 Å². The number of aromatic nitrogens is 1. The Hall–Kier alpha value is -4.04. The Labute approximate surface area is 187 Å². The van der Waals surface area contributed by atoms with Crippen LogP contribution in [0.2, 0.25) is 0 Å². The lowest BCUT2D eigenvalue weighted by atomic mass is 9.87. The van der Waals surface area contributed by atoms with Crippen LogP contribution in [-0.4, -0.2) is 11.0 Å². The smallest absolute Gasteiger partial charge is 0.0638 e. The number of aromatic amines is 1. The molecule has 0 saturated carbocycles. The van der Waals surface area contributed by atoms with E-state index in [0.717, 1.165) is 6.42 Å². The molecular formula is C30H22N2. The lowest BCUT2D eigenvalue weighted by Gasteiger charge is -2.30. The predicted octanol–water partition coefficient (Wildman–Crippen LogP) is 7.71. The molecule has 5 aromatic rings. The largest absolute Gasteiger partial charge is 0.355 e. The molecule has 0 amide bonds. The number of benzene rings is 4. The molecule has 0 radical (unpaired) electrons. The minimum Gasteiger partial charge on any atom is -0.355 e. The third kappa shape index (κ3) is 2.53. The number of H-pyrrole nitrogens is 1. The summed E-state index contributed by atoms with van der Waals surface area (Å²) in [6.07, 6.45) is 5.65. The Morgan fingerprint density at radius 3 is 2.41 bits per heavy atom. The molecule has 2 heterocycles. The standard InChI is InChI=1S/C30H22N2/c1-2-8-22(9-3-1)32-29-13-7-5-11-24(29)25-16-14-21(19-30(25)32)20-15-17-28-26(18-20)23-10-4-6-12-27(23)31-28/h1-18,30-31H,19H2. The first-order chi connectivity index (χ1) is 15.9. The molecular weight excluding hydrogens is 388 g/mol. The number of allylic oxidation sites excluding steroid dienone is 2. The highest BCUT2D eigenvalue weighted by Crippen LogP contribution is 2.49. The van der Waals surface area contributed by atoms with Crippen LogP contribution in [0.4, 0.5) is 11.4 Å². The van der Waals surface area contributed by atoms with Crippen LogP contribution in [0.5, 0.6) is 0 Å². The van der Waals surface area contributed by atoms with Crippen LogP contribution in [0.15, 0.2) is 109 Å². The lowest BCUT2D eigenvalue weighted by Crippen LogP contribution is -2.28. The van der Waals surface area contributed by atoms with Crippen molar-refractivity contribution in [3.05, 3.63) is 120 Å². The summed E-state index contributed by atoms with van der Waals surface area (Å²) < 4.78 is 0.